The number of carbonyl (C=O) groups is 1. The summed E-state index contributed by atoms with van der Waals surface area (Å²) in [5.74, 6) is -0.397. The van der Waals surface area contributed by atoms with Crippen molar-refractivity contribution >= 4 is 11.6 Å². The van der Waals surface area contributed by atoms with E-state index in [2.05, 4.69) is 20.6 Å². The predicted molar refractivity (Wildman–Crippen MR) is 126 cm³/mol. The first-order chi connectivity index (χ1) is 17.1. The molecule has 1 N–H and O–H groups in total. The zero-order chi connectivity index (χ0) is 24.2. The third-order valence-electron chi connectivity index (χ3n) is 5.45. The molecule has 3 heterocycles. The normalized spacial score (nSPS) is 11.1. The Labute approximate surface area is 198 Å². The monoisotopic (exact) mass is 472 g/mol. The van der Waals surface area contributed by atoms with Gasteiger partial charge in [-0.15, -0.1) is 5.10 Å². The Morgan fingerprint density at radius 2 is 1.91 bits per heavy atom. The highest BCUT2D eigenvalue weighted by molar-refractivity contribution is 5.76. The van der Waals surface area contributed by atoms with Crippen LogP contribution in [0.2, 0.25) is 0 Å². The van der Waals surface area contributed by atoms with E-state index in [0.717, 1.165) is 17.5 Å². The van der Waals surface area contributed by atoms with Crippen LogP contribution in [0.15, 0.2) is 82.2 Å². The Hall–Kier alpha value is -4.60. The maximum absolute atomic E-state index is 13.5. The lowest BCUT2D eigenvalue weighted by molar-refractivity contribution is -0.121. The first-order valence-corrected chi connectivity index (χ1v) is 11.1. The minimum atomic E-state index is -0.467. The lowest BCUT2D eigenvalue weighted by atomic mass is 10.1. The van der Waals surface area contributed by atoms with Gasteiger partial charge in [0.25, 0.3) is 5.89 Å². The Morgan fingerprint density at radius 3 is 2.74 bits per heavy atom. The van der Waals surface area contributed by atoms with Crippen LogP contribution in [0.5, 0.6) is 0 Å². The number of hydrogen-bond acceptors (Lipinski definition) is 6. The van der Waals surface area contributed by atoms with Crippen molar-refractivity contribution in [3.63, 3.8) is 0 Å². The molecule has 5 rings (SSSR count). The molecule has 0 atom stereocenters. The number of benzene rings is 2. The highest BCUT2D eigenvalue weighted by atomic mass is 19.1. The van der Waals surface area contributed by atoms with E-state index < -0.39 is 11.5 Å². The van der Waals surface area contributed by atoms with Crippen LogP contribution in [0.3, 0.4) is 0 Å². The number of carbonyl (C=O) groups excluding carboxylic acids is 1. The summed E-state index contributed by atoms with van der Waals surface area (Å²) < 4.78 is 21.3. The molecular formula is C25H21FN6O3. The number of pyridine rings is 1. The van der Waals surface area contributed by atoms with Crippen LogP contribution in [-0.4, -0.2) is 36.8 Å². The summed E-state index contributed by atoms with van der Waals surface area (Å²) in [4.78, 5) is 29.5. The SMILES string of the molecule is O=C(Cn1nc2c(-c3nc(-c4cccc(F)c4)no3)cccn2c1=O)NCCCc1ccccc1. The molecule has 3 aromatic heterocycles. The zero-order valence-corrected chi connectivity index (χ0v) is 18.6. The lowest BCUT2D eigenvalue weighted by Crippen LogP contribution is -2.33. The maximum Gasteiger partial charge on any atom is 0.350 e. The molecule has 0 spiro atoms. The highest BCUT2D eigenvalue weighted by Gasteiger charge is 2.18. The average Bonchev–Trinajstić information content (AvgIpc) is 3.48. The average molecular weight is 472 g/mol. The minimum absolute atomic E-state index is 0.123. The fraction of sp³-hybridized carbons (Fsp3) is 0.160. The maximum atomic E-state index is 13.5. The Bertz CT molecular complexity index is 1540. The van der Waals surface area contributed by atoms with Crippen molar-refractivity contribution in [3.05, 3.63) is 94.8 Å². The Kier molecular flexibility index (Phi) is 6.16. The number of aromatic nitrogens is 5. The van der Waals surface area contributed by atoms with Gasteiger partial charge in [-0.2, -0.15) is 4.98 Å². The van der Waals surface area contributed by atoms with Gasteiger partial charge in [-0.3, -0.25) is 4.79 Å². The van der Waals surface area contributed by atoms with E-state index in [9.17, 15) is 14.0 Å². The summed E-state index contributed by atoms with van der Waals surface area (Å²) >= 11 is 0. The molecule has 176 valence electrons. The van der Waals surface area contributed by atoms with Crippen LogP contribution in [0.1, 0.15) is 12.0 Å². The summed E-state index contributed by atoms with van der Waals surface area (Å²) in [5.41, 5.74) is 1.88. The fourth-order valence-corrected chi connectivity index (χ4v) is 3.74. The molecule has 5 aromatic rings. The molecule has 0 aliphatic carbocycles. The van der Waals surface area contributed by atoms with E-state index in [1.165, 1.54) is 22.1 Å². The number of rotatable bonds is 8. The van der Waals surface area contributed by atoms with Crippen molar-refractivity contribution in [2.75, 3.05) is 6.54 Å². The van der Waals surface area contributed by atoms with Gasteiger partial charge in [-0.25, -0.2) is 18.3 Å². The lowest BCUT2D eigenvalue weighted by Gasteiger charge is -2.05. The van der Waals surface area contributed by atoms with E-state index in [0.29, 0.717) is 17.7 Å². The molecule has 0 bridgehead atoms. The zero-order valence-electron chi connectivity index (χ0n) is 18.6. The Balaban J connectivity index is 1.31. The van der Waals surface area contributed by atoms with Gasteiger partial charge in [0.2, 0.25) is 11.7 Å². The van der Waals surface area contributed by atoms with E-state index in [-0.39, 0.29) is 29.8 Å². The second-order valence-corrected chi connectivity index (χ2v) is 7.93. The molecule has 0 radical (unpaired) electrons. The number of nitrogens with zero attached hydrogens (tertiary/aromatic N) is 5. The topological polar surface area (TPSA) is 107 Å². The smallest absolute Gasteiger partial charge is 0.350 e. The largest absolute Gasteiger partial charge is 0.354 e. The molecule has 2 aromatic carbocycles. The molecule has 0 unspecified atom stereocenters. The molecule has 9 nitrogen and oxygen atoms in total. The van der Waals surface area contributed by atoms with E-state index in [1.54, 1.807) is 30.5 Å². The molecule has 10 heteroatoms. The van der Waals surface area contributed by atoms with Crippen LogP contribution >= 0.6 is 0 Å². The molecule has 0 saturated heterocycles. The number of aryl methyl sites for hydroxylation is 1. The summed E-state index contributed by atoms with van der Waals surface area (Å²) in [6.07, 6.45) is 3.18. The summed E-state index contributed by atoms with van der Waals surface area (Å²) in [6.45, 7) is 0.273. The molecule has 0 fully saturated rings. The van der Waals surface area contributed by atoms with E-state index in [4.69, 9.17) is 4.52 Å². The van der Waals surface area contributed by atoms with Crippen molar-refractivity contribution < 1.29 is 13.7 Å². The van der Waals surface area contributed by atoms with Gasteiger partial charge in [0.05, 0.1) is 5.56 Å². The minimum Gasteiger partial charge on any atom is -0.354 e. The summed E-state index contributed by atoms with van der Waals surface area (Å²) in [6, 6.07) is 19.2. The second kappa shape index (κ2) is 9.72. The fourth-order valence-electron chi connectivity index (χ4n) is 3.74. The number of fused-ring (bicyclic) bond motifs is 1. The van der Waals surface area contributed by atoms with Crippen molar-refractivity contribution in [3.8, 4) is 22.8 Å². The van der Waals surface area contributed by atoms with Crippen LogP contribution < -0.4 is 11.0 Å². The molecular weight excluding hydrogens is 451 g/mol. The van der Waals surface area contributed by atoms with Gasteiger partial charge >= 0.3 is 5.69 Å². The van der Waals surface area contributed by atoms with Gasteiger partial charge in [-0.05, 0) is 42.7 Å². The number of halogens is 1. The Morgan fingerprint density at radius 1 is 1.06 bits per heavy atom. The van der Waals surface area contributed by atoms with Crippen molar-refractivity contribution in [2.24, 2.45) is 0 Å². The van der Waals surface area contributed by atoms with Crippen molar-refractivity contribution in [2.45, 2.75) is 19.4 Å². The first kappa shape index (κ1) is 22.2. The van der Waals surface area contributed by atoms with Gasteiger partial charge in [-0.1, -0.05) is 47.6 Å². The van der Waals surface area contributed by atoms with Crippen LogP contribution in [0.4, 0.5) is 4.39 Å². The van der Waals surface area contributed by atoms with Crippen LogP contribution in [0, 0.1) is 5.82 Å². The number of hydrogen-bond donors (Lipinski definition) is 1. The van der Waals surface area contributed by atoms with Gasteiger partial charge in [0.1, 0.15) is 12.4 Å². The van der Waals surface area contributed by atoms with Crippen LogP contribution in [-0.2, 0) is 17.8 Å². The molecule has 0 aliphatic rings. The quantitative estimate of drug-likeness (QED) is 0.348. The molecule has 0 aliphatic heterocycles. The summed E-state index contributed by atoms with van der Waals surface area (Å²) in [7, 11) is 0. The standard InChI is InChI=1S/C25H21FN6O3/c26-19-11-4-10-18(15-19)22-28-24(35-30-22)20-12-6-14-31-23(20)29-32(25(31)34)16-21(33)27-13-5-9-17-7-2-1-3-8-17/h1-4,6-8,10-12,14-15H,5,9,13,16H2,(H,27,33). The van der Waals surface area contributed by atoms with Gasteiger partial charge in [0, 0.05) is 18.3 Å². The van der Waals surface area contributed by atoms with Crippen molar-refractivity contribution in [1.82, 2.24) is 29.6 Å². The molecule has 0 saturated carbocycles. The predicted octanol–water partition coefficient (Wildman–Crippen LogP) is 3.10. The third kappa shape index (κ3) is 4.86. The van der Waals surface area contributed by atoms with Crippen LogP contribution in [0.25, 0.3) is 28.5 Å². The first-order valence-electron chi connectivity index (χ1n) is 11.1. The van der Waals surface area contributed by atoms with Gasteiger partial charge in [0.15, 0.2) is 5.65 Å². The second-order valence-electron chi connectivity index (χ2n) is 7.93. The molecule has 35 heavy (non-hydrogen) atoms. The highest BCUT2D eigenvalue weighted by Crippen LogP contribution is 2.24. The van der Waals surface area contributed by atoms with E-state index in [1.807, 2.05) is 30.3 Å². The third-order valence-corrected chi connectivity index (χ3v) is 5.45. The summed E-state index contributed by atoms with van der Waals surface area (Å²) in [5, 5.41) is 11.1. The molecule has 1 amide bonds. The number of amides is 1. The van der Waals surface area contributed by atoms with E-state index >= 15 is 0 Å². The van der Waals surface area contributed by atoms with Gasteiger partial charge < -0.3 is 9.84 Å². The van der Waals surface area contributed by atoms with Crippen molar-refractivity contribution in [1.29, 1.82) is 0 Å². The number of nitrogens with one attached hydrogen (secondary N) is 1.